The van der Waals surface area contributed by atoms with Gasteiger partial charge in [0.15, 0.2) is 5.78 Å². The number of ketones is 1. The fourth-order valence-electron chi connectivity index (χ4n) is 3.05. The third-order valence-corrected chi connectivity index (χ3v) is 4.75. The van der Waals surface area contributed by atoms with Crippen molar-refractivity contribution >= 4 is 28.5 Å². The molecule has 3 aromatic rings. The number of benzene rings is 3. The number of hydrogen-bond donors (Lipinski definition) is 0. The first-order chi connectivity index (χ1) is 15.6. The maximum absolute atomic E-state index is 12.4. The summed E-state index contributed by atoms with van der Waals surface area (Å²) in [7, 11) is 0. The lowest BCUT2D eigenvalue weighted by Gasteiger charge is -2.23. The first-order valence-electron chi connectivity index (χ1n) is 10.0. The molecule has 0 fully saturated rings. The molecule has 0 aromatic heterocycles. The Bertz CT molecular complexity index is 1120. The zero-order valence-corrected chi connectivity index (χ0v) is 17.3. The number of Topliss-reactive ketones (excluding diaryl/α,β-unsaturated/α-hetero) is 1. The average molecular weight is 427 g/mol. The molecule has 0 unspecified atom stereocenters. The molecule has 3 rings (SSSR count). The van der Waals surface area contributed by atoms with E-state index in [-0.39, 0.29) is 11.5 Å². The van der Waals surface area contributed by atoms with Crippen molar-refractivity contribution in [3.05, 3.63) is 94.5 Å². The Balaban J connectivity index is 1.65. The Morgan fingerprint density at radius 2 is 1.50 bits per heavy atom. The second kappa shape index (κ2) is 11.1. The van der Waals surface area contributed by atoms with Gasteiger partial charge in [-0.05, 0) is 36.4 Å². The summed E-state index contributed by atoms with van der Waals surface area (Å²) in [5.74, 6) is 0.0566. The minimum Gasteiger partial charge on any atom is -0.370 e. The van der Waals surface area contributed by atoms with E-state index in [0.717, 1.165) is 5.69 Å². The molecule has 0 aliphatic rings. The molecule has 0 heterocycles. The molecule has 0 aliphatic heterocycles. The Labute approximate surface area is 185 Å². The third-order valence-electron chi connectivity index (χ3n) is 4.75. The number of nitro groups is 1. The zero-order valence-electron chi connectivity index (χ0n) is 17.3. The van der Waals surface area contributed by atoms with Crippen LogP contribution in [-0.4, -0.2) is 23.8 Å². The highest BCUT2D eigenvalue weighted by molar-refractivity contribution is 5.96. The van der Waals surface area contributed by atoms with Crippen molar-refractivity contribution in [1.82, 2.24) is 0 Å². The number of non-ortho nitro benzene ring substituents is 1. The van der Waals surface area contributed by atoms with Crippen LogP contribution in [-0.2, 0) is 0 Å². The number of carbonyl (C=O) groups excluding carboxylic acids is 1. The second-order valence-electron chi connectivity index (χ2n) is 6.92. The summed E-state index contributed by atoms with van der Waals surface area (Å²) < 4.78 is 0. The largest absolute Gasteiger partial charge is 0.370 e. The summed E-state index contributed by atoms with van der Waals surface area (Å²) in [5, 5.41) is 27.9. The van der Waals surface area contributed by atoms with Crippen molar-refractivity contribution in [3.63, 3.8) is 0 Å². The number of azo groups is 1. The monoisotopic (exact) mass is 427 g/mol. The summed E-state index contributed by atoms with van der Waals surface area (Å²) in [6.07, 6.45) is 0.693. The first kappa shape index (κ1) is 22.3. The highest BCUT2D eigenvalue weighted by Crippen LogP contribution is 2.24. The molecule has 0 saturated heterocycles. The number of rotatable bonds is 10. The van der Waals surface area contributed by atoms with E-state index in [4.69, 9.17) is 5.26 Å². The highest BCUT2D eigenvalue weighted by Gasteiger charge is 2.11. The molecule has 0 spiro atoms. The van der Waals surface area contributed by atoms with E-state index in [0.29, 0.717) is 42.9 Å². The molecular weight excluding hydrogens is 406 g/mol. The SMILES string of the molecule is N#CCCN(CCC(=O)c1ccccc1)c1ccc(N=Nc2ccc([N+](=O)[O-])cc2)cc1. The molecule has 8 heteroatoms. The van der Waals surface area contributed by atoms with Crippen LogP contribution < -0.4 is 4.90 Å². The molecule has 0 aliphatic carbocycles. The van der Waals surface area contributed by atoms with E-state index in [9.17, 15) is 14.9 Å². The van der Waals surface area contributed by atoms with Crippen LogP contribution in [0.5, 0.6) is 0 Å². The lowest BCUT2D eigenvalue weighted by atomic mass is 10.1. The summed E-state index contributed by atoms with van der Waals surface area (Å²) in [6, 6.07) is 24.4. The number of nitrogens with zero attached hydrogens (tertiary/aromatic N) is 5. The van der Waals surface area contributed by atoms with E-state index < -0.39 is 4.92 Å². The van der Waals surface area contributed by atoms with E-state index in [2.05, 4.69) is 16.3 Å². The zero-order chi connectivity index (χ0) is 22.8. The van der Waals surface area contributed by atoms with Gasteiger partial charge in [0.25, 0.3) is 5.69 Å². The van der Waals surface area contributed by atoms with Crippen LogP contribution in [0.25, 0.3) is 0 Å². The molecule has 8 nitrogen and oxygen atoms in total. The standard InChI is InChI=1S/C24H21N5O3/c25-16-4-17-28(18-15-24(30)19-5-2-1-3-6-19)22-11-7-20(8-12-22)26-27-21-9-13-23(14-10-21)29(31)32/h1-3,5-14H,4,15,17-18H2. The van der Waals surface area contributed by atoms with Gasteiger partial charge in [0.2, 0.25) is 0 Å². The van der Waals surface area contributed by atoms with Gasteiger partial charge in [0.1, 0.15) is 0 Å². The summed E-state index contributed by atoms with van der Waals surface area (Å²) in [5.41, 5.74) is 2.68. The molecule has 0 amide bonds. The van der Waals surface area contributed by atoms with Gasteiger partial charge in [-0.2, -0.15) is 15.5 Å². The normalized spacial score (nSPS) is 10.6. The van der Waals surface area contributed by atoms with Gasteiger partial charge in [-0.25, -0.2) is 0 Å². The molecule has 0 bridgehead atoms. The molecule has 0 N–H and O–H groups in total. The fourth-order valence-corrected chi connectivity index (χ4v) is 3.05. The van der Waals surface area contributed by atoms with Crippen molar-refractivity contribution in [1.29, 1.82) is 5.26 Å². The Kier molecular flexibility index (Phi) is 7.76. The smallest absolute Gasteiger partial charge is 0.269 e. The van der Waals surface area contributed by atoms with E-state index in [1.807, 2.05) is 35.2 Å². The maximum Gasteiger partial charge on any atom is 0.269 e. The third kappa shape index (κ3) is 6.31. The average Bonchev–Trinajstić information content (AvgIpc) is 2.84. The topological polar surface area (TPSA) is 112 Å². The Hall–Kier alpha value is -4.38. The quantitative estimate of drug-likeness (QED) is 0.170. The van der Waals surface area contributed by atoms with Crippen molar-refractivity contribution in [3.8, 4) is 6.07 Å². The summed E-state index contributed by atoms with van der Waals surface area (Å²) in [6.45, 7) is 1.02. The van der Waals surface area contributed by atoms with Gasteiger partial charge in [0, 0.05) is 42.9 Å². The predicted octanol–water partition coefficient (Wildman–Crippen LogP) is 6.00. The number of carbonyl (C=O) groups is 1. The van der Waals surface area contributed by atoms with Crippen LogP contribution >= 0.6 is 0 Å². The number of anilines is 1. The summed E-state index contributed by atoms with van der Waals surface area (Å²) in [4.78, 5) is 24.7. The van der Waals surface area contributed by atoms with Crippen molar-refractivity contribution in [2.45, 2.75) is 12.8 Å². The molecule has 32 heavy (non-hydrogen) atoms. The molecule has 3 aromatic carbocycles. The van der Waals surface area contributed by atoms with Crippen LogP contribution in [0.4, 0.5) is 22.7 Å². The van der Waals surface area contributed by atoms with E-state index >= 15 is 0 Å². The summed E-state index contributed by atoms with van der Waals surface area (Å²) >= 11 is 0. The maximum atomic E-state index is 12.4. The molecule has 0 atom stereocenters. The van der Waals surface area contributed by atoms with Crippen LogP contribution in [0.1, 0.15) is 23.2 Å². The van der Waals surface area contributed by atoms with Gasteiger partial charge in [0.05, 0.1) is 28.8 Å². The fraction of sp³-hybridized carbons (Fsp3) is 0.167. The van der Waals surface area contributed by atoms with Gasteiger partial charge < -0.3 is 4.90 Å². The van der Waals surface area contributed by atoms with E-state index in [1.165, 1.54) is 24.3 Å². The highest BCUT2D eigenvalue weighted by atomic mass is 16.6. The number of nitriles is 1. The molecule has 160 valence electrons. The van der Waals surface area contributed by atoms with Gasteiger partial charge in [-0.3, -0.25) is 14.9 Å². The van der Waals surface area contributed by atoms with Gasteiger partial charge in [-0.1, -0.05) is 30.3 Å². The number of hydrogen-bond acceptors (Lipinski definition) is 7. The van der Waals surface area contributed by atoms with E-state index in [1.54, 1.807) is 24.3 Å². The molecule has 0 radical (unpaired) electrons. The Morgan fingerprint density at radius 3 is 2.06 bits per heavy atom. The Morgan fingerprint density at radius 1 is 0.906 bits per heavy atom. The van der Waals surface area contributed by atoms with Crippen LogP contribution in [0.3, 0.4) is 0 Å². The van der Waals surface area contributed by atoms with Crippen LogP contribution in [0, 0.1) is 21.4 Å². The minimum atomic E-state index is -0.467. The minimum absolute atomic E-state index is 0.00323. The molecular formula is C24H21N5O3. The lowest BCUT2D eigenvalue weighted by Crippen LogP contribution is -2.27. The van der Waals surface area contributed by atoms with Crippen molar-refractivity contribution in [2.75, 3.05) is 18.0 Å². The van der Waals surface area contributed by atoms with Crippen LogP contribution in [0.2, 0.25) is 0 Å². The number of nitro benzene ring substituents is 1. The van der Waals surface area contributed by atoms with Gasteiger partial charge >= 0.3 is 0 Å². The van der Waals surface area contributed by atoms with Gasteiger partial charge in [-0.15, -0.1) is 0 Å². The van der Waals surface area contributed by atoms with Crippen LogP contribution in [0.15, 0.2) is 89.1 Å². The van der Waals surface area contributed by atoms with Crippen molar-refractivity contribution in [2.24, 2.45) is 10.2 Å². The van der Waals surface area contributed by atoms with Crippen molar-refractivity contribution < 1.29 is 9.72 Å². The molecule has 0 saturated carbocycles. The lowest BCUT2D eigenvalue weighted by molar-refractivity contribution is -0.384. The first-order valence-corrected chi connectivity index (χ1v) is 10.0. The predicted molar refractivity (Wildman–Crippen MR) is 122 cm³/mol. The second-order valence-corrected chi connectivity index (χ2v) is 6.92.